The number of rotatable bonds is 3. The third-order valence-electron chi connectivity index (χ3n) is 3.05. The standard InChI is InChI=1S/C16H16F3NO3S/c1-15(2,3)20(14(21)22)13-9-8-12(24-13)10-4-6-11(7-5-10)23-16(17,18)19/h4-9H,1-3H3,(H,21,22). The summed E-state index contributed by atoms with van der Waals surface area (Å²) in [6, 6.07) is 8.86. The van der Waals surface area contributed by atoms with Crippen LogP contribution < -0.4 is 9.64 Å². The van der Waals surface area contributed by atoms with E-state index < -0.39 is 18.0 Å². The van der Waals surface area contributed by atoms with Gasteiger partial charge in [-0.2, -0.15) is 0 Å². The van der Waals surface area contributed by atoms with Crippen molar-refractivity contribution < 1.29 is 27.8 Å². The summed E-state index contributed by atoms with van der Waals surface area (Å²) in [6.45, 7) is 5.34. The number of benzene rings is 1. The summed E-state index contributed by atoms with van der Waals surface area (Å²) in [7, 11) is 0. The van der Waals surface area contributed by atoms with Crippen molar-refractivity contribution in [1.82, 2.24) is 0 Å². The molecule has 0 radical (unpaired) electrons. The van der Waals surface area contributed by atoms with Gasteiger partial charge >= 0.3 is 12.5 Å². The van der Waals surface area contributed by atoms with Gasteiger partial charge in [-0.25, -0.2) is 4.79 Å². The lowest BCUT2D eigenvalue weighted by Gasteiger charge is -2.31. The minimum Gasteiger partial charge on any atom is -0.465 e. The van der Waals surface area contributed by atoms with E-state index in [0.717, 1.165) is 4.88 Å². The SMILES string of the molecule is CC(C)(C)N(C(=O)O)c1ccc(-c2ccc(OC(F)(F)F)cc2)s1. The molecule has 1 aromatic heterocycles. The number of ether oxygens (including phenoxy) is 1. The zero-order valence-corrected chi connectivity index (χ0v) is 14.0. The molecular weight excluding hydrogens is 343 g/mol. The topological polar surface area (TPSA) is 49.8 Å². The van der Waals surface area contributed by atoms with Crippen LogP contribution in [0.4, 0.5) is 23.0 Å². The van der Waals surface area contributed by atoms with Crippen LogP contribution in [0.5, 0.6) is 5.75 Å². The lowest BCUT2D eigenvalue weighted by Crippen LogP contribution is -2.44. The first-order valence-corrected chi connectivity index (χ1v) is 7.78. The van der Waals surface area contributed by atoms with Gasteiger partial charge in [0.2, 0.25) is 0 Å². The Kier molecular flexibility index (Phi) is 4.80. The number of nitrogens with zero attached hydrogens (tertiary/aromatic N) is 1. The van der Waals surface area contributed by atoms with Crippen LogP contribution in [0.3, 0.4) is 0 Å². The Morgan fingerprint density at radius 2 is 1.67 bits per heavy atom. The number of hydrogen-bond acceptors (Lipinski definition) is 3. The smallest absolute Gasteiger partial charge is 0.465 e. The van der Waals surface area contributed by atoms with E-state index in [2.05, 4.69) is 4.74 Å². The molecule has 0 aliphatic heterocycles. The number of alkyl halides is 3. The number of carbonyl (C=O) groups is 1. The first kappa shape index (κ1) is 18.1. The number of carboxylic acid groups (broad SMARTS) is 1. The maximum atomic E-state index is 12.2. The second-order valence-corrected chi connectivity index (χ2v) is 7.06. The van der Waals surface area contributed by atoms with Gasteiger partial charge in [-0.1, -0.05) is 0 Å². The van der Waals surface area contributed by atoms with Gasteiger partial charge in [-0.05, 0) is 62.7 Å². The van der Waals surface area contributed by atoms with Crippen LogP contribution in [0, 0.1) is 0 Å². The fraction of sp³-hybridized carbons (Fsp3) is 0.312. The maximum absolute atomic E-state index is 12.2. The zero-order chi connectivity index (χ0) is 18.1. The van der Waals surface area contributed by atoms with Gasteiger partial charge in [0.25, 0.3) is 0 Å². The summed E-state index contributed by atoms with van der Waals surface area (Å²) in [5, 5.41) is 9.94. The summed E-state index contributed by atoms with van der Waals surface area (Å²) in [5.74, 6) is -0.301. The Hall–Kier alpha value is -2.22. The van der Waals surface area contributed by atoms with Crippen molar-refractivity contribution in [2.75, 3.05) is 4.90 Å². The fourth-order valence-electron chi connectivity index (χ4n) is 2.14. The van der Waals surface area contributed by atoms with Gasteiger partial charge in [0, 0.05) is 10.4 Å². The van der Waals surface area contributed by atoms with Gasteiger partial charge in [0.15, 0.2) is 0 Å². The number of halogens is 3. The predicted molar refractivity (Wildman–Crippen MR) is 86.7 cm³/mol. The quantitative estimate of drug-likeness (QED) is 0.776. The van der Waals surface area contributed by atoms with Crippen molar-refractivity contribution in [2.45, 2.75) is 32.7 Å². The maximum Gasteiger partial charge on any atom is 0.573 e. The Morgan fingerprint density at radius 3 is 2.12 bits per heavy atom. The molecule has 130 valence electrons. The first-order chi connectivity index (χ1) is 11.0. The highest BCUT2D eigenvalue weighted by Gasteiger charge is 2.31. The lowest BCUT2D eigenvalue weighted by atomic mass is 10.1. The molecule has 0 aliphatic rings. The molecular formula is C16H16F3NO3S. The molecule has 24 heavy (non-hydrogen) atoms. The highest BCUT2D eigenvalue weighted by Crippen LogP contribution is 2.37. The monoisotopic (exact) mass is 359 g/mol. The minimum atomic E-state index is -4.73. The molecule has 1 amide bonds. The molecule has 0 saturated carbocycles. The minimum absolute atomic E-state index is 0.301. The zero-order valence-electron chi connectivity index (χ0n) is 13.2. The third-order valence-corrected chi connectivity index (χ3v) is 4.17. The van der Waals surface area contributed by atoms with Crippen LogP contribution in [0.1, 0.15) is 20.8 Å². The van der Waals surface area contributed by atoms with E-state index in [1.54, 1.807) is 32.9 Å². The largest absolute Gasteiger partial charge is 0.573 e. The lowest BCUT2D eigenvalue weighted by molar-refractivity contribution is -0.274. The van der Waals surface area contributed by atoms with Gasteiger partial charge < -0.3 is 9.84 Å². The second-order valence-electron chi connectivity index (χ2n) is 6.00. The first-order valence-electron chi connectivity index (χ1n) is 6.96. The molecule has 0 spiro atoms. The molecule has 1 aromatic carbocycles. The molecule has 4 nitrogen and oxygen atoms in total. The second kappa shape index (κ2) is 6.35. The third kappa shape index (κ3) is 4.41. The summed E-state index contributed by atoms with van der Waals surface area (Å²) < 4.78 is 40.3. The number of hydrogen-bond donors (Lipinski definition) is 1. The van der Waals surface area contributed by atoms with Gasteiger partial charge in [-0.3, -0.25) is 4.90 Å². The molecule has 2 rings (SSSR count). The summed E-state index contributed by atoms with van der Waals surface area (Å²) >= 11 is 1.25. The van der Waals surface area contributed by atoms with Crippen LogP contribution in [-0.4, -0.2) is 23.1 Å². The van der Waals surface area contributed by atoms with Crippen molar-refractivity contribution in [3.05, 3.63) is 36.4 Å². The highest BCUT2D eigenvalue weighted by atomic mass is 32.1. The number of anilines is 1. The van der Waals surface area contributed by atoms with Gasteiger partial charge in [0.05, 0.1) is 0 Å². The summed E-state index contributed by atoms with van der Waals surface area (Å²) in [5.41, 5.74) is 0.0678. The van der Waals surface area contributed by atoms with E-state index in [1.807, 2.05) is 0 Å². The van der Waals surface area contributed by atoms with Crippen molar-refractivity contribution in [2.24, 2.45) is 0 Å². The van der Waals surface area contributed by atoms with Crippen LogP contribution in [-0.2, 0) is 0 Å². The van der Waals surface area contributed by atoms with Crippen LogP contribution in [0.15, 0.2) is 36.4 Å². The van der Waals surface area contributed by atoms with E-state index in [0.29, 0.717) is 10.6 Å². The van der Waals surface area contributed by atoms with Crippen LogP contribution >= 0.6 is 11.3 Å². The molecule has 0 saturated heterocycles. The molecule has 8 heteroatoms. The van der Waals surface area contributed by atoms with Crippen LogP contribution in [0.2, 0.25) is 0 Å². The van der Waals surface area contributed by atoms with Crippen LogP contribution in [0.25, 0.3) is 10.4 Å². The van der Waals surface area contributed by atoms with E-state index in [4.69, 9.17) is 0 Å². The van der Waals surface area contributed by atoms with Crippen molar-refractivity contribution in [3.8, 4) is 16.2 Å². The highest BCUT2D eigenvalue weighted by molar-refractivity contribution is 7.19. The van der Waals surface area contributed by atoms with E-state index in [-0.39, 0.29) is 5.75 Å². The fourth-order valence-corrected chi connectivity index (χ4v) is 3.33. The average molecular weight is 359 g/mol. The Bertz CT molecular complexity index is 717. The molecule has 0 unspecified atom stereocenters. The molecule has 2 aromatic rings. The average Bonchev–Trinajstić information content (AvgIpc) is 2.84. The molecule has 0 fully saturated rings. The molecule has 0 atom stereocenters. The Labute approximate surface area is 141 Å². The number of thiophene rings is 1. The summed E-state index contributed by atoms with van der Waals surface area (Å²) in [4.78, 5) is 13.5. The van der Waals surface area contributed by atoms with E-state index >= 15 is 0 Å². The van der Waals surface area contributed by atoms with Gasteiger partial charge in [0.1, 0.15) is 10.8 Å². The predicted octanol–water partition coefficient (Wildman–Crippen LogP) is 5.60. The summed E-state index contributed by atoms with van der Waals surface area (Å²) in [6.07, 6.45) is -5.79. The molecule has 1 N–H and O–H groups in total. The Balaban J connectivity index is 2.26. The van der Waals surface area contributed by atoms with Crippen molar-refractivity contribution in [3.63, 3.8) is 0 Å². The molecule has 1 heterocycles. The molecule has 0 bridgehead atoms. The Morgan fingerprint density at radius 1 is 1.08 bits per heavy atom. The number of amides is 1. The normalized spacial score (nSPS) is 12.1. The van der Waals surface area contributed by atoms with E-state index in [1.165, 1.54) is 40.5 Å². The van der Waals surface area contributed by atoms with Gasteiger partial charge in [-0.15, -0.1) is 24.5 Å². The molecule has 0 aliphatic carbocycles. The van der Waals surface area contributed by atoms with Crippen molar-refractivity contribution in [1.29, 1.82) is 0 Å². The van der Waals surface area contributed by atoms with Crippen molar-refractivity contribution >= 4 is 22.4 Å². The van der Waals surface area contributed by atoms with E-state index in [9.17, 15) is 23.1 Å².